The molecular weight excluding hydrogens is 624 g/mol. The Morgan fingerprint density at radius 1 is 0.918 bits per heavy atom. The summed E-state index contributed by atoms with van der Waals surface area (Å²) in [5.74, 6) is 1.16. The van der Waals surface area contributed by atoms with Crippen LogP contribution in [0.3, 0.4) is 0 Å². The molecule has 2 aromatic carbocycles. The first kappa shape index (κ1) is 36.9. The van der Waals surface area contributed by atoms with Crippen LogP contribution >= 0.6 is 0 Å². The quantitative estimate of drug-likeness (QED) is 0.241. The van der Waals surface area contributed by atoms with Crippen molar-refractivity contribution in [3.8, 4) is 17.2 Å². The van der Waals surface area contributed by atoms with Crippen LogP contribution in [0.4, 0.5) is 0 Å². The monoisotopic (exact) mass is 680 g/mol. The Morgan fingerprint density at radius 2 is 1.67 bits per heavy atom. The van der Waals surface area contributed by atoms with Crippen molar-refractivity contribution in [2.24, 2.45) is 11.8 Å². The number of ether oxygens (including phenoxy) is 5. The molecule has 0 spiro atoms. The van der Waals surface area contributed by atoms with Gasteiger partial charge in [-0.05, 0) is 93.2 Å². The number of methoxy groups -OCH3 is 2. The molecule has 1 saturated carbocycles. The Kier molecular flexibility index (Phi) is 14.0. The molecule has 3 fully saturated rings. The molecule has 270 valence electrons. The SMILES string of the molecule is COc1ccc(CC[C@@H](OC(=O)C2CCCCN2C(=O)[C@@H](C2CCCCC2)[C@@H](C)O)c2cccc(OCCN3CCOCC3)c2)cc1OC. The molecule has 1 amide bonds. The Hall–Kier alpha value is -3.34. The second-order valence-corrected chi connectivity index (χ2v) is 13.7. The lowest BCUT2D eigenvalue weighted by molar-refractivity contribution is -0.165. The summed E-state index contributed by atoms with van der Waals surface area (Å²) in [6, 6.07) is 12.9. The molecule has 2 aliphatic heterocycles. The first-order chi connectivity index (χ1) is 23.9. The van der Waals surface area contributed by atoms with Crippen LogP contribution in [0.1, 0.15) is 81.9 Å². The maximum atomic E-state index is 14.1. The maximum Gasteiger partial charge on any atom is 0.329 e. The van der Waals surface area contributed by atoms with Gasteiger partial charge in [-0.15, -0.1) is 0 Å². The van der Waals surface area contributed by atoms with E-state index in [4.69, 9.17) is 23.7 Å². The molecular formula is C39H56N2O8. The number of aryl methyl sites for hydroxylation is 1. The summed E-state index contributed by atoms with van der Waals surface area (Å²) in [5.41, 5.74) is 1.87. The molecule has 2 heterocycles. The number of carbonyl (C=O) groups excluding carboxylic acids is 2. The molecule has 10 nitrogen and oxygen atoms in total. The molecule has 4 atom stereocenters. The summed E-state index contributed by atoms with van der Waals surface area (Å²) in [4.78, 5) is 32.3. The Morgan fingerprint density at radius 3 is 2.41 bits per heavy atom. The van der Waals surface area contributed by atoms with Gasteiger partial charge in [0.2, 0.25) is 5.91 Å². The maximum absolute atomic E-state index is 14.1. The molecule has 5 rings (SSSR count). The summed E-state index contributed by atoms with van der Waals surface area (Å²) in [7, 11) is 3.23. The number of morpholine rings is 1. The number of nitrogens with zero attached hydrogens (tertiary/aromatic N) is 2. The molecule has 2 saturated heterocycles. The third kappa shape index (κ3) is 10.1. The molecule has 0 bridgehead atoms. The van der Waals surface area contributed by atoms with Gasteiger partial charge in [0.25, 0.3) is 0 Å². The van der Waals surface area contributed by atoms with Crippen molar-refractivity contribution in [1.29, 1.82) is 0 Å². The second kappa shape index (κ2) is 18.6. The van der Waals surface area contributed by atoms with Crippen molar-refractivity contribution in [3.05, 3.63) is 53.6 Å². The average Bonchev–Trinajstić information content (AvgIpc) is 3.14. The fourth-order valence-electron chi connectivity index (χ4n) is 7.70. The highest BCUT2D eigenvalue weighted by atomic mass is 16.5. The van der Waals surface area contributed by atoms with Gasteiger partial charge in [-0.2, -0.15) is 0 Å². The van der Waals surface area contributed by atoms with E-state index in [0.717, 1.165) is 88.2 Å². The van der Waals surface area contributed by atoms with E-state index in [2.05, 4.69) is 4.90 Å². The Bertz CT molecular complexity index is 1340. The van der Waals surface area contributed by atoms with E-state index in [1.807, 2.05) is 42.5 Å². The van der Waals surface area contributed by atoms with E-state index < -0.39 is 30.1 Å². The lowest BCUT2D eigenvalue weighted by atomic mass is 9.76. The second-order valence-electron chi connectivity index (χ2n) is 13.7. The summed E-state index contributed by atoms with van der Waals surface area (Å²) in [6.07, 6.45) is 7.23. The third-order valence-corrected chi connectivity index (χ3v) is 10.4. The molecule has 1 unspecified atom stereocenters. The first-order valence-electron chi connectivity index (χ1n) is 18.3. The predicted octanol–water partition coefficient (Wildman–Crippen LogP) is 5.59. The fourth-order valence-corrected chi connectivity index (χ4v) is 7.70. The summed E-state index contributed by atoms with van der Waals surface area (Å²) in [5, 5.41) is 10.8. The minimum Gasteiger partial charge on any atom is -0.493 e. The zero-order chi connectivity index (χ0) is 34.6. The minimum atomic E-state index is -0.769. The molecule has 2 aromatic rings. The molecule has 10 heteroatoms. The average molecular weight is 681 g/mol. The standard InChI is InChI=1S/C39H56N2O8/c1-28(42)37(30-10-5-4-6-11-30)38(43)41-19-8-7-14-33(41)39(44)49-34(17-15-29-16-18-35(45-2)36(26-29)46-3)31-12-9-13-32(27-31)48-25-22-40-20-23-47-24-21-40/h9,12-13,16,18,26-28,30,33-34,37,42H,4-8,10-11,14-15,17,19-25H2,1-3H3/t28-,33?,34-,37-/m1/s1. The van der Waals surface area contributed by atoms with Gasteiger partial charge in [0, 0.05) is 26.2 Å². The van der Waals surface area contributed by atoms with Crippen LogP contribution in [0.5, 0.6) is 17.2 Å². The number of likely N-dealkylation sites (tertiary alicyclic amines) is 1. The highest BCUT2D eigenvalue weighted by Crippen LogP contribution is 2.36. The van der Waals surface area contributed by atoms with Gasteiger partial charge in [-0.1, -0.05) is 37.5 Å². The van der Waals surface area contributed by atoms with Gasteiger partial charge < -0.3 is 33.7 Å². The van der Waals surface area contributed by atoms with Crippen molar-refractivity contribution in [2.45, 2.75) is 89.4 Å². The molecule has 0 aromatic heterocycles. The summed E-state index contributed by atoms with van der Waals surface area (Å²) in [6.45, 7) is 6.86. The van der Waals surface area contributed by atoms with E-state index in [1.54, 1.807) is 26.0 Å². The number of benzene rings is 2. The zero-order valence-electron chi connectivity index (χ0n) is 29.6. The number of esters is 1. The van der Waals surface area contributed by atoms with Crippen molar-refractivity contribution >= 4 is 11.9 Å². The number of amides is 1. The topological polar surface area (TPSA) is 107 Å². The number of rotatable bonds is 15. The third-order valence-electron chi connectivity index (χ3n) is 10.4. The molecule has 49 heavy (non-hydrogen) atoms. The molecule has 1 aliphatic carbocycles. The van der Waals surface area contributed by atoms with Crippen molar-refractivity contribution in [3.63, 3.8) is 0 Å². The van der Waals surface area contributed by atoms with E-state index in [1.165, 1.54) is 6.42 Å². The molecule has 3 aliphatic rings. The first-order valence-corrected chi connectivity index (χ1v) is 18.3. The highest BCUT2D eigenvalue weighted by Gasteiger charge is 2.41. The summed E-state index contributed by atoms with van der Waals surface area (Å²) < 4.78 is 29.0. The lowest BCUT2D eigenvalue weighted by Gasteiger charge is -2.40. The van der Waals surface area contributed by atoms with Crippen molar-refractivity contribution < 1.29 is 38.4 Å². The highest BCUT2D eigenvalue weighted by molar-refractivity contribution is 5.86. The number of hydrogen-bond donors (Lipinski definition) is 1. The Labute approximate surface area is 292 Å². The van der Waals surface area contributed by atoms with Crippen LogP contribution in [0, 0.1) is 11.8 Å². The van der Waals surface area contributed by atoms with Crippen LogP contribution in [-0.4, -0.2) is 99.1 Å². The van der Waals surface area contributed by atoms with Crippen molar-refractivity contribution in [2.75, 3.05) is 60.2 Å². The number of piperidine rings is 1. The number of aliphatic hydroxyl groups is 1. The van der Waals surface area contributed by atoms with E-state index in [0.29, 0.717) is 43.9 Å². The van der Waals surface area contributed by atoms with Gasteiger partial charge >= 0.3 is 5.97 Å². The van der Waals surface area contributed by atoms with Crippen LogP contribution in [0.15, 0.2) is 42.5 Å². The largest absolute Gasteiger partial charge is 0.493 e. The normalized spacial score (nSPS) is 21.0. The van der Waals surface area contributed by atoms with Gasteiger partial charge in [0.05, 0.1) is 39.5 Å². The van der Waals surface area contributed by atoms with Crippen LogP contribution in [0.2, 0.25) is 0 Å². The minimum absolute atomic E-state index is 0.110. The molecule has 1 N–H and O–H groups in total. The lowest BCUT2D eigenvalue weighted by Crippen LogP contribution is -2.53. The number of hydrogen-bond acceptors (Lipinski definition) is 9. The van der Waals surface area contributed by atoms with E-state index in [-0.39, 0.29) is 11.8 Å². The number of aliphatic hydroxyl groups excluding tert-OH is 1. The van der Waals surface area contributed by atoms with Gasteiger partial charge in [-0.25, -0.2) is 4.79 Å². The van der Waals surface area contributed by atoms with E-state index in [9.17, 15) is 14.7 Å². The van der Waals surface area contributed by atoms with Crippen LogP contribution < -0.4 is 14.2 Å². The van der Waals surface area contributed by atoms with Crippen LogP contribution in [-0.2, 0) is 25.5 Å². The molecule has 0 radical (unpaired) electrons. The van der Waals surface area contributed by atoms with Gasteiger partial charge in [-0.3, -0.25) is 9.69 Å². The van der Waals surface area contributed by atoms with Crippen molar-refractivity contribution in [1.82, 2.24) is 9.80 Å². The van der Waals surface area contributed by atoms with Crippen LogP contribution in [0.25, 0.3) is 0 Å². The van der Waals surface area contributed by atoms with Gasteiger partial charge in [0.1, 0.15) is 24.5 Å². The van der Waals surface area contributed by atoms with Gasteiger partial charge in [0.15, 0.2) is 11.5 Å². The fraction of sp³-hybridized carbons (Fsp3) is 0.641. The number of carbonyl (C=O) groups is 2. The smallest absolute Gasteiger partial charge is 0.329 e. The van der Waals surface area contributed by atoms with E-state index >= 15 is 0 Å². The Balaban J connectivity index is 1.33. The summed E-state index contributed by atoms with van der Waals surface area (Å²) >= 11 is 0. The zero-order valence-corrected chi connectivity index (χ0v) is 29.6. The predicted molar refractivity (Wildman–Crippen MR) is 187 cm³/mol.